The van der Waals surface area contributed by atoms with Crippen LogP contribution in [0.5, 0.6) is 5.88 Å². The van der Waals surface area contributed by atoms with E-state index in [1.54, 1.807) is 12.3 Å². The van der Waals surface area contributed by atoms with Gasteiger partial charge in [-0.2, -0.15) is 4.98 Å². The van der Waals surface area contributed by atoms with Gasteiger partial charge in [0.2, 0.25) is 11.8 Å². The molecule has 0 unspecified atom stereocenters. The van der Waals surface area contributed by atoms with Gasteiger partial charge < -0.3 is 30.7 Å². The van der Waals surface area contributed by atoms with Crippen LogP contribution < -0.4 is 15.4 Å². The molecule has 1 saturated carbocycles. The summed E-state index contributed by atoms with van der Waals surface area (Å²) in [4.78, 5) is 13.2. The monoisotopic (exact) mass is 427 g/mol. The van der Waals surface area contributed by atoms with Gasteiger partial charge in [-0.15, -0.1) is 0 Å². The normalized spacial score (nSPS) is 22.5. The van der Waals surface area contributed by atoms with Gasteiger partial charge in [0.05, 0.1) is 30.0 Å². The van der Waals surface area contributed by atoms with E-state index < -0.39 is 24.2 Å². The lowest BCUT2D eigenvalue weighted by Crippen LogP contribution is -2.36. The molecule has 0 amide bonds. The van der Waals surface area contributed by atoms with E-state index in [0.29, 0.717) is 54.0 Å². The van der Waals surface area contributed by atoms with Crippen molar-refractivity contribution in [1.29, 1.82) is 0 Å². The van der Waals surface area contributed by atoms with E-state index in [-0.39, 0.29) is 6.61 Å². The van der Waals surface area contributed by atoms with E-state index in [2.05, 4.69) is 37.4 Å². The van der Waals surface area contributed by atoms with E-state index in [1.807, 2.05) is 26.8 Å². The average Bonchev–Trinajstić information content (AvgIpc) is 3.02. The number of rotatable bonds is 7. The number of aromatic nitrogens is 3. The molecule has 9 nitrogen and oxygen atoms in total. The molecule has 1 fully saturated rings. The molecule has 1 aliphatic carbocycles. The summed E-state index contributed by atoms with van der Waals surface area (Å²) in [5, 5.41) is 36.3. The molecular formula is C22H29N5O4. The van der Waals surface area contributed by atoms with Gasteiger partial charge in [-0.3, -0.25) is 0 Å². The Balaban J connectivity index is 1.91. The molecule has 0 aromatic carbocycles. The summed E-state index contributed by atoms with van der Waals surface area (Å²) in [6.45, 7) is 6.68. The standard InChI is InChI=1S/C22H29N5O4/c1-4-23-22-25-13(3)16(8-6-14-7-9-18(24-11-14)31-5-2)21(27-22)26-17-10-15(12-28)19(29)20(17)30/h7,9,11,15,17,19-20,28-30H,4-5,10,12H2,1-3H3,(H2,23,25,26,27)/t15-,17-,19-,20+/m1/s1. The topological polar surface area (TPSA) is 133 Å². The number of aliphatic hydroxyl groups is 3. The predicted molar refractivity (Wildman–Crippen MR) is 117 cm³/mol. The van der Waals surface area contributed by atoms with Crippen molar-refractivity contribution < 1.29 is 20.1 Å². The molecule has 2 aromatic heterocycles. The van der Waals surface area contributed by atoms with Crippen molar-refractivity contribution in [1.82, 2.24) is 15.0 Å². The molecule has 2 aromatic rings. The summed E-state index contributed by atoms with van der Waals surface area (Å²) in [6, 6.07) is 3.11. The van der Waals surface area contributed by atoms with Gasteiger partial charge in [-0.1, -0.05) is 11.8 Å². The highest BCUT2D eigenvalue weighted by atomic mass is 16.5. The van der Waals surface area contributed by atoms with Gasteiger partial charge in [0, 0.05) is 36.9 Å². The van der Waals surface area contributed by atoms with Crippen LogP contribution in [-0.4, -0.2) is 68.3 Å². The molecule has 1 aliphatic rings. The summed E-state index contributed by atoms with van der Waals surface area (Å²) >= 11 is 0. The Kier molecular flexibility index (Phi) is 7.63. The van der Waals surface area contributed by atoms with Crippen molar-refractivity contribution >= 4 is 11.8 Å². The third-order valence-corrected chi connectivity index (χ3v) is 5.14. The lowest BCUT2D eigenvalue weighted by Gasteiger charge is -2.20. The Morgan fingerprint density at radius 3 is 2.58 bits per heavy atom. The second kappa shape index (κ2) is 10.4. The maximum absolute atomic E-state index is 10.4. The first kappa shape index (κ1) is 22.7. The lowest BCUT2D eigenvalue weighted by atomic mass is 10.1. The van der Waals surface area contributed by atoms with Crippen molar-refractivity contribution in [2.45, 2.75) is 45.4 Å². The van der Waals surface area contributed by atoms with Gasteiger partial charge in [0.15, 0.2) is 0 Å². The molecule has 5 N–H and O–H groups in total. The first-order valence-corrected chi connectivity index (χ1v) is 10.4. The summed E-state index contributed by atoms with van der Waals surface area (Å²) < 4.78 is 5.35. The third-order valence-electron chi connectivity index (χ3n) is 5.14. The second-order valence-electron chi connectivity index (χ2n) is 7.37. The number of nitrogens with zero attached hydrogens (tertiary/aromatic N) is 3. The molecule has 166 valence electrons. The number of aryl methyl sites for hydroxylation is 1. The first-order valence-electron chi connectivity index (χ1n) is 10.4. The summed E-state index contributed by atoms with van der Waals surface area (Å²) in [6.07, 6.45) is 0.0277. The molecule has 2 heterocycles. The number of ether oxygens (including phenoxy) is 1. The van der Waals surface area contributed by atoms with Gasteiger partial charge in [0.25, 0.3) is 0 Å². The average molecular weight is 428 g/mol. The number of pyridine rings is 1. The minimum Gasteiger partial charge on any atom is -0.478 e. The Morgan fingerprint density at radius 1 is 1.16 bits per heavy atom. The molecule has 0 aliphatic heterocycles. The Labute approximate surface area is 181 Å². The molecule has 3 rings (SSSR count). The number of hydrogen-bond acceptors (Lipinski definition) is 9. The Bertz CT molecular complexity index is 941. The van der Waals surface area contributed by atoms with Crippen LogP contribution in [0.25, 0.3) is 0 Å². The van der Waals surface area contributed by atoms with E-state index in [9.17, 15) is 15.3 Å². The van der Waals surface area contributed by atoms with Crippen molar-refractivity contribution in [3.8, 4) is 17.7 Å². The van der Waals surface area contributed by atoms with Gasteiger partial charge in [-0.05, 0) is 33.3 Å². The molecule has 31 heavy (non-hydrogen) atoms. The highest BCUT2D eigenvalue weighted by molar-refractivity contribution is 5.60. The van der Waals surface area contributed by atoms with Crippen LogP contribution >= 0.6 is 0 Å². The minimum atomic E-state index is -1.02. The molecule has 0 saturated heterocycles. The number of anilines is 2. The van der Waals surface area contributed by atoms with Crippen LogP contribution in [0.4, 0.5) is 11.8 Å². The second-order valence-corrected chi connectivity index (χ2v) is 7.37. The zero-order chi connectivity index (χ0) is 22.4. The highest BCUT2D eigenvalue weighted by Gasteiger charge is 2.41. The molecule has 0 spiro atoms. The molecule has 0 radical (unpaired) electrons. The van der Waals surface area contributed by atoms with Crippen molar-refractivity contribution in [3.63, 3.8) is 0 Å². The quantitative estimate of drug-likeness (QED) is 0.409. The molecule has 0 bridgehead atoms. The van der Waals surface area contributed by atoms with E-state index >= 15 is 0 Å². The Hall–Kier alpha value is -2.93. The number of hydrogen-bond donors (Lipinski definition) is 5. The summed E-state index contributed by atoms with van der Waals surface area (Å²) in [5.74, 6) is 7.22. The van der Waals surface area contributed by atoms with Gasteiger partial charge >= 0.3 is 0 Å². The SMILES string of the molecule is CCNc1nc(C)c(C#Cc2ccc(OCC)nc2)c(N[C@@H]2C[C@H](CO)[C@@H](O)[C@H]2O)n1. The Morgan fingerprint density at radius 2 is 1.97 bits per heavy atom. The maximum atomic E-state index is 10.4. The molecular weight excluding hydrogens is 398 g/mol. The fourth-order valence-corrected chi connectivity index (χ4v) is 3.51. The minimum absolute atomic E-state index is 0.195. The lowest BCUT2D eigenvalue weighted by molar-refractivity contribution is 0.00445. The van der Waals surface area contributed by atoms with Gasteiger partial charge in [0.1, 0.15) is 11.9 Å². The van der Waals surface area contributed by atoms with Crippen LogP contribution in [0.1, 0.15) is 37.1 Å². The van der Waals surface area contributed by atoms with E-state index in [4.69, 9.17) is 4.74 Å². The van der Waals surface area contributed by atoms with Crippen LogP contribution in [-0.2, 0) is 0 Å². The molecule has 9 heteroatoms. The van der Waals surface area contributed by atoms with Gasteiger partial charge in [-0.25, -0.2) is 9.97 Å². The highest BCUT2D eigenvalue weighted by Crippen LogP contribution is 2.30. The third kappa shape index (κ3) is 5.41. The zero-order valence-electron chi connectivity index (χ0n) is 18.0. The maximum Gasteiger partial charge on any atom is 0.224 e. The summed E-state index contributed by atoms with van der Waals surface area (Å²) in [5.41, 5.74) is 1.97. The van der Waals surface area contributed by atoms with Crippen LogP contribution in [0, 0.1) is 24.7 Å². The predicted octanol–water partition coefficient (Wildman–Crippen LogP) is 0.925. The first-order chi connectivity index (χ1) is 15.0. The number of aliphatic hydroxyl groups excluding tert-OH is 3. The van der Waals surface area contributed by atoms with E-state index in [1.165, 1.54) is 0 Å². The smallest absolute Gasteiger partial charge is 0.224 e. The van der Waals surface area contributed by atoms with Crippen LogP contribution in [0.2, 0.25) is 0 Å². The van der Waals surface area contributed by atoms with E-state index in [0.717, 1.165) is 0 Å². The largest absolute Gasteiger partial charge is 0.478 e. The number of nitrogens with one attached hydrogen (secondary N) is 2. The fraction of sp³-hybridized carbons (Fsp3) is 0.500. The molecule has 4 atom stereocenters. The zero-order valence-corrected chi connectivity index (χ0v) is 18.0. The van der Waals surface area contributed by atoms with Crippen LogP contribution in [0.15, 0.2) is 18.3 Å². The van der Waals surface area contributed by atoms with Crippen molar-refractivity contribution in [2.75, 3.05) is 30.4 Å². The summed E-state index contributed by atoms with van der Waals surface area (Å²) in [7, 11) is 0. The van der Waals surface area contributed by atoms with Crippen molar-refractivity contribution in [2.24, 2.45) is 5.92 Å². The van der Waals surface area contributed by atoms with Crippen LogP contribution in [0.3, 0.4) is 0 Å². The van der Waals surface area contributed by atoms with Crippen molar-refractivity contribution in [3.05, 3.63) is 35.2 Å². The fourth-order valence-electron chi connectivity index (χ4n) is 3.51.